The quantitative estimate of drug-likeness (QED) is 0.857. The standard InChI is InChI=1S/C14H18N2OS/c1-2-17-11-5-6-12-13(9-11)18-14(16-12)15-8-7-10-3-4-10/h5-6,9-10H,2-4,7-8H2,1H3,(H,15,16). The molecule has 3 rings (SSSR count). The molecule has 1 aromatic carbocycles. The van der Waals surface area contributed by atoms with Crippen molar-refractivity contribution in [2.75, 3.05) is 18.5 Å². The molecule has 1 N–H and O–H groups in total. The number of nitrogens with one attached hydrogen (secondary N) is 1. The van der Waals surface area contributed by atoms with Gasteiger partial charge in [0.05, 0.1) is 16.8 Å². The van der Waals surface area contributed by atoms with Crippen LogP contribution in [0, 0.1) is 5.92 Å². The lowest BCUT2D eigenvalue weighted by Gasteiger charge is -2.00. The number of hydrogen-bond acceptors (Lipinski definition) is 4. The molecule has 0 unspecified atom stereocenters. The van der Waals surface area contributed by atoms with Crippen molar-refractivity contribution in [1.82, 2.24) is 4.98 Å². The van der Waals surface area contributed by atoms with Crippen LogP contribution in [0.5, 0.6) is 5.75 Å². The van der Waals surface area contributed by atoms with E-state index in [0.717, 1.165) is 28.9 Å². The van der Waals surface area contributed by atoms with Crippen molar-refractivity contribution < 1.29 is 4.74 Å². The highest BCUT2D eigenvalue weighted by atomic mass is 32.1. The van der Waals surface area contributed by atoms with Gasteiger partial charge in [-0.2, -0.15) is 0 Å². The average Bonchev–Trinajstić information content (AvgIpc) is 3.08. The summed E-state index contributed by atoms with van der Waals surface area (Å²) in [7, 11) is 0. The lowest BCUT2D eigenvalue weighted by atomic mass is 10.3. The predicted octanol–water partition coefficient (Wildman–Crippen LogP) is 3.91. The largest absolute Gasteiger partial charge is 0.494 e. The van der Waals surface area contributed by atoms with Crippen LogP contribution in [0.15, 0.2) is 18.2 Å². The highest BCUT2D eigenvalue weighted by molar-refractivity contribution is 7.22. The number of rotatable bonds is 6. The Morgan fingerprint density at radius 2 is 2.33 bits per heavy atom. The molecule has 4 heteroatoms. The molecule has 96 valence electrons. The zero-order valence-electron chi connectivity index (χ0n) is 10.6. The lowest BCUT2D eigenvalue weighted by Crippen LogP contribution is -2.01. The molecule has 1 aliphatic rings. The molecule has 0 aliphatic heterocycles. The summed E-state index contributed by atoms with van der Waals surface area (Å²) in [6.07, 6.45) is 4.11. The minimum atomic E-state index is 0.705. The molecule has 0 bridgehead atoms. The molecular weight excluding hydrogens is 244 g/mol. The minimum Gasteiger partial charge on any atom is -0.494 e. The van der Waals surface area contributed by atoms with Crippen LogP contribution in [-0.2, 0) is 0 Å². The third-order valence-corrected chi connectivity index (χ3v) is 4.17. The topological polar surface area (TPSA) is 34.1 Å². The van der Waals surface area contributed by atoms with Gasteiger partial charge >= 0.3 is 0 Å². The van der Waals surface area contributed by atoms with Crippen LogP contribution in [0.25, 0.3) is 10.2 Å². The van der Waals surface area contributed by atoms with Crippen molar-refractivity contribution in [3.05, 3.63) is 18.2 Å². The Balaban J connectivity index is 1.68. The van der Waals surface area contributed by atoms with Crippen molar-refractivity contribution in [2.45, 2.75) is 26.2 Å². The summed E-state index contributed by atoms with van der Waals surface area (Å²) in [5.41, 5.74) is 1.05. The minimum absolute atomic E-state index is 0.705. The maximum Gasteiger partial charge on any atom is 0.183 e. The number of aromatic nitrogens is 1. The smallest absolute Gasteiger partial charge is 0.183 e. The van der Waals surface area contributed by atoms with Crippen LogP contribution in [0.1, 0.15) is 26.2 Å². The van der Waals surface area contributed by atoms with Gasteiger partial charge in [0.2, 0.25) is 0 Å². The highest BCUT2D eigenvalue weighted by Crippen LogP contribution is 2.33. The molecule has 1 aliphatic carbocycles. The number of anilines is 1. The van der Waals surface area contributed by atoms with Gasteiger partial charge in [-0.05, 0) is 37.5 Å². The van der Waals surface area contributed by atoms with E-state index in [9.17, 15) is 0 Å². The molecule has 1 aromatic heterocycles. The Morgan fingerprint density at radius 3 is 3.11 bits per heavy atom. The summed E-state index contributed by atoms with van der Waals surface area (Å²) >= 11 is 1.71. The molecule has 0 saturated heterocycles. The van der Waals surface area contributed by atoms with Crippen molar-refractivity contribution in [1.29, 1.82) is 0 Å². The van der Waals surface area contributed by atoms with E-state index in [-0.39, 0.29) is 0 Å². The molecule has 0 atom stereocenters. The number of nitrogens with zero attached hydrogens (tertiary/aromatic N) is 1. The third kappa shape index (κ3) is 2.75. The zero-order valence-corrected chi connectivity index (χ0v) is 11.4. The van der Waals surface area contributed by atoms with Gasteiger partial charge in [0.25, 0.3) is 0 Å². The van der Waals surface area contributed by atoms with E-state index in [1.165, 1.54) is 24.0 Å². The molecule has 0 amide bonds. The molecule has 1 saturated carbocycles. The fraction of sp³-hybridized carbons (Fsp3) is 0.500. The van der Waals surface area contributed by atoms with Gasteiger partial charge in [0.15, 0.2) is 5.13 Å². The fourth-order valence-electron chi connectivity index (χ4n) is 2.03. The van der Waals surface area contributed by atoms with Crippen molar-refractivity contribution >= 4 is 26.7 Å². The normalized spacial score (nSPS) is 14.9. The van der Waals surface area contributed by atoms with Gasteiger partial charge < -0.3 is 10.1 Å². The zero-order chi connectivity index (χ0) is 12.4. The monoisotopic (exact) mass is 262 g/mol. The molecule has 3 nitrogen and oxygen atoms in total. The van der Waals surface area contributed by atoms with Crippen molar-refractivity contribution in [2.24, 2.45) is 5.92 Å². The maximum absolute atomic E-state index is 5.50. The van der Waals surface area contributed by atoms with Crippen LogP contribution in [0.4, 0.5) is 5.13 Å². The second-order valence-corrected chi connectivity index (χ2v) is 5.77. The Bertz CT molecular complexity index is 534. The SMILES string of the molecule is CCOc1ccc2nc(NCCC3CC3)sc2c1. The Labute approximate surface area is 111 Å². The Kier molecular flexibility index (Phi) is 3.37. The van der Waals surface area contributed by atoms with Crippen LogP contribution in [0.3, 0.4) is 0 Å². The summed E-state index contributed by atoms with van der Waals surface area (Å²) < 4.78 is 6.69. The van der Waals surface area contributed by atoms with E-state index < -0.39 is 0 Å². The van der Waals surface area contributed by atoms with E-state index >= 15 is 0 Å². The Hall–Kier alpha value is -1.29. The average molecular weight is 262 g/mol. The van der Waals surface area contributed by atoms with E-state index in [1.807, 2.05) is 19.1 Å². The number of benzene rings is 1. The first kappa shape index (κ1) is 11.8. The van der Waals surface area contributed by atoms with Crippen molar-refractivity contribution in [3.8, 4) is 5.75 Å². The Morgan fingerprint density at radius 1 is 1.44 bits per heavy atom. The number of fused-ring (bicyclic) bond motifs is 1. The first-order valence-corrected chi connectivity index (χ1v) is 7.44. The number of hydrogen-bond donors (Lipinski definition) is 1. The van der Waals surface area contributed by atoms with Gasteiger partial charge in [-0.3, -0.25) is 0 Å². The molecule has 18 heavy (non-hydrogen) atoms. The summed E-state index contributed by atoms with van der Waals surface area (Å²) in [5, 5.41) is 4.45. The van der Waals surface area contributed by atoms with Crippen LogP contribution in [0.2, 0.25) is 0 Å². The highest BCUT2D eigenvalue weighted by Gasteiger charge is 2.20. The second kappa shape index (κ2) is 5.14. The van der Waals surface area contributed by atoms with Crippen LogP contribution < -0.4 is 10.1 Å². The first-order chi connectivity index (χ1) is 8.85. The van der Waals surface area contributed by atoms with Gasteiger partial charge in [-0.25, -0.2) is 4.98 Å². The van der Waals surface area contributed by atoms with E-state index in [4.69, 9.17) is 4.74 Å². The second-order valence-electron chi connectivity index (χ2n) is 4.74. The van der Waals surface area contributed by atoms with E-state index in [0.29, 0.717) is 6.61 Å². The summed E-state index contributed by atoms with van der Waals surface area (Å²) in [6.45, 7) is 3.75. The molecule has 2 aromatic rings. The number of thiazole rings is 1. The van der Waals surface area contributed by atoms with E-state index in [1.54, 1.807) is 11.3 Å². The lowest BCUT2D eigenvalue weighted by molar-refractivity contribution is 0.341. The van der Waals surface area contributed by atoms with E-state index in [2.05, 4.69) is 16.4 Å². The molecule has 0 radical (unpaired) electrons. The van der Waals surface area contributed by atoms with Crippen molar-refractivity contribution in [3.63, 3.8) is 0 Å². The summed E-state index contributed by atoms with van der Waals surface area (Å²) in [5.74, 6) is 1.90. The molecule has 0 spiro atoms. The fourth-order valence-corrected chi connectivity index (χ4v) is 2.95. The number of ether oxygens (including phenoxy) is 1. The van der Waals surface area contributed by atoms with Gasteiger partial charge in [-0.15, -0.1) is 0 Å². The van der Waals surface area contributed by atoms with Gasteiger partial charge in [-0.1, -0.05) is 24.2 Å². The van der Waals surface area contributed by atoms with Crippen LogP contribution in [-0.4, -0.2) is 18.1 Å². The molecule has 1 fully saturated rings. The predicted molar refractivity (Wildman–Crippen MR) is 76.6 cm³/mol. The summed E-state index contributed by atoms with van der Waals surface area (Å²) in [4.78, 5) is 4.58. The maximum atomic E-state index is 5.50. The van der Waals surface area contributed by atoms with Gasteiger partial charge in [0, 0.05) is 6.54 Å². The summed E-state index contributed by atoms with van der Waals surface area (Å²) in [6, 6.07) is 6.09. The molecular formula is C14H18N2OS. The van der Waals surface area contributed by atoms with Crippen LogP contribution >= 0.6 is 11.3 Å². The third-order valence-electron chi connectivity index (χ3n) is 3.20. The first-order valence-electron chi connectivity index (χ1n) is 6.62. The molecule has 1 heterocycles. The van der Waals surface area contributed by atoms with Gasteiger partial charge in [0.1, 0.15) is 5.75 Å².